The fourth-order valence-corrected chi connectivity index (χ4v) is 1.61. The first-order valence-electron chi connectivity index (χ1n) is 5.76. The van der Waals surface area contributed by atoms with Crippen LogP contribution in [0.5, 0.6) is 5.75 Å². The molecule has 0 heterocycles. The number of hydrogen-bond acceptors (Lipinski definition) is 3. The summed E-state index contributed by atoms with van der Waals surface area (Å²) in [5.41, 5.74) is 1.01. The van der Waals surface area contributed by atoms with Crippen LogP contribution in [0, 0.1) is 6.92 Å². The number of phenolic OH excluding ortho intramolecular Hbond substituents is 1. The number of amides is 1. The molecular weight excluding hydrogens is 234 g/mol. The predicted octanol–water partition coefficient (Wildman–Crippen LogP) is 1.68. The number of carbonyl (C=O) groups excluding carboxylic acids is 1. The van der Waals surface area contributed by atoms with Gasteiger partial charge < -0.3 is 15.5 Å². The summed E-state index contributed by atoms with van der Waals surface area (Å²) in [5, 5.41) is 20.9. The molecule has 1 aromatic rings. The van der Waals surface area contributed by atoms with E-state index in [9.17, 15) is 14.7 Å². The molecule has 0 spiro atoms. The van der Waals surface area contributed by atoms with Crippen molar-refractivity contribution < 1.29 is 19.8 Å². The Morgan fingerprint density at radius 2 is 2.06 bits per heavy atom. The van der Waals surface area contributed by atoms with Gasteiger partial charge in [-0.3, -0.25) is 9.59 Å². The maximum Gasteiger partial charge on any atom is 0.305 e. The van der Waals surface area contributed by atoms with Gasteiger partial charge in [0.1, 0.15) is 5.75 Å². The Hall–Kier alpha value is -2.04. The first-order valence-corrected chi connectivity index (χ1v) is 5.76. The third-order valence-electron chi connectivity index (χ3n) is 2.65. The van der Waals surface area contributed by atoms with E-state index in [0.29, 0.717) is 6.42 Å². The quantitative estimate of drug-likeness (QED) is 0.743. The van der Waals surface area contributed by atoms with Crippen molar-refractivity contribution in [3.05, 3.63) is 29.3 Å². The van der Waals surface area contributed by atoms with Crippen LogP contribution in [0.15, 0.2) is 18.2 Å². The Kier molecular flexibility index (Phi) is 4.71. The molecule has 0 aliphatic carbocycles. The van der Waals surface area contributed by atoms with Gasteiger partial charge in [0.2, 0.25) is 0 Å². The zero-order valence-electron chi connectivity index (χ0n) is 10.4. The van der Waals surface area contributed by atoms with Gasteiger partial charge in [0.25, 0.3) is 5.91 Å². The van der Waals surface area contributed by atoms with Crippen molar-refractivity contribution in [1.82, 2.24) is 5.32 Å². The van der Waals surface area contributed by atoms with Crippen LogP contribution in [0.25, 0.3) is 0 Å². The number of carboxylic acid groups (broad SMARTS) is 1. The minimum absolute atomic E-state index is 0.0994. The highest BCUT2D eigenvalue weighted by Crippen LogP contribution is 2.18. The van der Waals surface area contributed by atoms with E-state index in [1.54, 1.807) is 19.9 Å². The molecule has 0 bridgehead atoms. The van der Waals surface area contributed by atoms with Gasteiger partial charge in [-0.05, 0) is 31.0 Å². The van der Waals surface area contributed by atoms with E-state index in [0.717, 1.165) is 5.56 Å². The van der Waals surface area contributed by atoms with E-state index < -0.39 is 17.9 Å². The largest absolute Gasteiger partial charge is 0.507 e. The lowest BCUT2D eigenvalue weighted by molar-refractivity contribution is -0.137. The van der Waals surface area contributed by atoms with Crippen molar-refractivity contribution in [2.24, 2.45) is 0 Å². The van der Waals surface area contributed by atoms with Gasteiger partial charge in [-0.2, -0.15) is 0 Å². The summed E-state index contributed by atoms with van der Waals surface area (Å²) >= 11 is 0. The summed E-state index contributed by atoms with van der Waals surface area (Å²) in [6.07, 6.45) is 0.388. The molecule has 0 saturated carbocycles. The summed E-state index contributed by atoms with van der Waals surface area (Å²) < 4.78 is 0. The summed E-state index contributed by atoms with van der Waals surface area (Å²) in [7, 11) is 0. The van der Waals surface area contributed by atoms with Crippen molar-refractivity contribution in [3.63, 3.8) is 0 Å². The number of aromatic hydroxyl groups is 1. The van der Waals surface area contributed by atoms with Crippen molar-refractivity contribution in [3.8, 4) is 5.75 Å². The number of aliphatic carboxylic acids is 1. The van der Waals surface area contributed by atoms with E-state index in [4.69, 9.17) is 5.11 Å². The Labute approximate surface area is 105 Å². The van der Waals surface area contributed by atoms with Crippen LogP contribution in [0.2, 0.25) is 0 Å². The number of nitrogens with one attached hydrogen (secondary N) is 1. The van der Waals surface area contributed by atoms with Crippen LogP contribution in [-0.4, -0.2) is 28.1 Å². The number of benzene rings is 1. The highest BCUT2D eigenvalue weighted by atomic mass is 16.4. The fourth-order valence-electron chi connectivity index (χ4n) is 1.61. The monoisotopic (exact) mass is 251 g/mol. The van der Waals surface area contributed by atoms with Crippen molar-refractivity contribution in [2.45, 2.75) is 32.7 Å². The average Bonchev–Trinajstić information content (AvgIpc) is 2.27. The summed E-state index contributed by atoms with van der Waals surface area (Å²) in [5.74, 6) is -1.52. The molecule has 0 fully saturated rings. The highest BCUT2D eigenvalue weighted by Gasteiger charge is 2.17. The molecule has 5 heteroatoms. The van der Waals surface area contributed by atoms with Crippen LogP contribution >= 0.6 is 0 Å². The second kappa shape index (κ2) is 6.05. The Morgan fingerprint density at radius 1 is 1.39 bits per heavy atom. The summed E-state index contributed by atoms with van der Waals surface area (Å²) in [6.45, 7) is 3.60. The second-order valence-corrected chi connectivity index (χ2v) is 4.20. The van der Waals surface area contributed by atoms with Gasteiger partial charge >= 0.3 is 5.97 Å². The molecular formula is C13H17NO4. The van der Waals surface area contributed by atoms with E-state index in [1.807, 2.05) is 0 Å². The van der Waals surface area contributed by atoms with Crippen LogP contribution in [-0.2, 0) is 4.79 Å². The SMILES string of the molecule is CCC(CC(=O)O)NC(=O)c1ccc(C)cc1O. The number of aryl methyl sites for hydroxylation is 1. The molecule has 0 aliphatic heterocycles. The van der Waals surface area contributed by atoms with Gasteiger partial charge in [-0.1, -0.05) is 13.0 Å². The van der Waals surface area contributed by atoms with Gasteiger partial charge in [-0.15, -0.1) is 0 Å². The van der Waals surface area contributed by atoms with Crippen LogP contribution < -0.4 is 5.32 Å². The van der Waals surface area contributed by atoms with Crippen molar-refractivity contribution in [1.29, 1.82) is 0 Å². The van der Waals surface area contributed by atoms with Crippen molar-refractivity contribution >= 4 is 11.9 Å². The Balaban J connectivity index is 2.77. The molecule has 5 nitrogen and oxygen atoms in total. The van der Waals surface area contributed by atoms with E-state index >= 15 is 0 Å². The molecule has 0 aromatic heterocycles. The molecule has 1 aromatic carbocycles. The molecule has 0 aliphatic rings. The molecule has 0 radical (unpaired) electrons. The Bertz CT molecular complexity index is 456. The minimum Gasteiger partial charge on any atom is -0.507 e. The zero-order chi connectivity index (χ0) is 13.7. The van der Waals surface area contributed by atoms with E-state index in [1.165, 1.54) is 12.1 Å². The smallest absolute Gasteiger partial charge is 0.305 e. The van der Waals surface area contributed by atoms with E-state index in [-0.39, 0.29) is 17.7 Å². The van der Waals surface area contributed by atoms with E-state index in [2.05, 4.69) is 5.32 Å². The first kappa shape index (κ1) is 14.0. The fraction of sp³-hybridized carbons (Fsp3) is 0.385. The molecule has 1 unspecified atom stereocenters. The van der Waals surface area contributed by atoms with Crippen LogP contribution in [0.4, 0.5) is 0 Å². The lowest BCUT2D eigenvalue weighted by Crippen LogP contribution is -2.36. The molecule has 1 atom stereocenters. The third kappa shape index (κ3) is 3.76. The molecule has 1 amide bonds. The number of hydrogen-bond donors (Lipinski definition) is 3. The van der Waals surface area contributed by atoms with Gasteiger partial charge in [0, 0.05) is 6.04 Å². The van der Waals surface area contributed by atoms with Crippen LogP contribution in [0.3, 0.4) is 0 Å². The maximum atomic E-state index is 11.9. The molecule has 1 rings (SSSR count). The highest BCUT2D eigenvalue weighted by molar-refractivity contribution is 5.97. The summed E-state index contributed by atoms with van der Waals surface area (Å²) in [4.78, 5) is 22.5. The second-order valence-electron chi connectivity index (χ2n) is 4.20. The normalized spacial score (nSPS) is 11.9. The predicted molar refractivity (Wildman–Crippen MR) is 66.6 cm³/mol. The average molecular weight is 251 g/mol. The summed E-state index contributed by atoms with van der Waals surface area (Å²) in [6, 6.07) is 4.29. The lowest BCUT2D eigenvalue weighted by Gasteiger charge is -2.15. The Morgan fingerprint density at radius 3 is 2.56 bits per heavy atom. The molecule has 98 valence electrons. The number of carboxylic acids is 1. The zero-order valence-corrected chi connectivity index (χ0v) is 10.4. The molecule has 18 heavy (non-hydrogen) atoms. The molecule has 3 N–H and O–H groups in total. The first-order chi connectivity index (χ1) is 8.43. The standard InChI is InChI=1S/C13H17NO4/c1-3-9(7-12(16)17)14-13(18)10-5-4-8(2)6-11(10)15/h4-6,9,15H,3,7H2,1-2H3,(H,14,18)(H,16,17). The van der Waals surface area contributed by atoms with Crippen LogP contribution in [0.1, 0.15) is 35.7 Å². The van der Waals surface area contributed by atoms with Gasteiger partial charge in [0.15, 0.2) is 0 Å². The number of phenols is 1. The van der Waals surface area contributed by atoms with Gasteiger partial charge in [0.05, 0.1) is 12.0 Å². The molecule has 0 saturated heterocycles. The number of rotatable bonds is 5. The minimum atomic E-state index is -0.963. The lowest BCUT2D eigenvalue weighted by atomic mass is 10.1. The van der Waals surface area contributed by atoms with Crippen molar-refractivity contribution in [2.75, 3.05) is 0 Å². The number of carbonyl (C=O) groups is 2. The van der Waals surface area contributed by atoms with Gasteiger partial charge in [-0.25, -0.2) is 0 Å². The topological polar surface area (TPSA) is 86.6 Å². The third-order valence-corrected chi connectivity index (χ3v) is 2.65. The maximum absolute atomic E-state index is 11.9.